The summed E-state index contributed by atoms with van der Waals surface area (Å²) in [6, 6.07) is 16.6. The second-order valence-electron chi connectivity index (χ2n) is 5.46. The Bertz CT molecular complexity index is 902. The van der Waals surface area contributed by atoms with Crippen molar-refractivity contribution < 1.29 is 14.3 Å². The van der Waals surface area contributed by atoms with E-state index in [4.69, 9.17) is 9.47 Å². The molecule has 0 saturated heterocycles. The van der Waals surface area contributed by atoms with Gasteiger partial charge in [0.2, 0.25) is 0 Å². The van der Waals surface area contributed by atoms with Gasteiger partial charge >= 0.3 is 0 Å². The minimum atomic E-state index is -0.280. The second-order valence-corrected chi connectivity index (χ2v) is 5.46. The topological polar surface area (TPSA) is 65.4 Å². The number of nitrogens with one attached hydrogen (secondary N) is 1. The standard InChI is InChI=1S/C19H19N3O3/c1-22-18(13-6-4-8-15(10-13)24-2)12-17(21-22)19(23)20-14-7-5-9-16(11-14)25-3/h4-12H,1-3H3,(H,20,23). The van der Waals surface area contributed by atoms with Gasteiger partial charge in [-0.05, 0) is 30.3 Å². The molecule has 1 N–H and O–H groups in total. The molecule has 3 aromatic rings. The lowest BCUT2D eigenvalue weighted by Gasteiger charge is -2.05. The molecule has 0 aliphatic heterocycles. The SMILES string of the molecule is COc1cccc(NC(=O)c2cc(-c3cccc(OC)c3)n(C)n2)c1. The van der Waals surface area contributed by atoms with Crippen LogP contribution in [0.1, 0.15) is 10.5 Å². The molecule has 2 aromatic carbocycles. The lowest BCUT2D eigenvalue weighted by Crippen LogP contribution is -2.13. The Labute approximate surface area is 146 Å². The summed E-state index contributed by atoms with van der Waals surface area (Å²) < 4.78 is 12.1. The highest BCUT2D eigenvalue weighted by atomic mass is 16.5. The number of hydrogen-bond acceptors (Lipinski definition) is 4. The van der Waals surface area contributed by atoms with Gasteiger partial charge in [0.25, 0.3) is 5.91 Å². The number of carbonyl (C=O) groups excluding carboxylic acids is 1. The van der Waals surface area contributed by atoms with Crippen molar-refractivity contribution >= 4 is 11.6 Å². The van der Waals surface area contributed by atoms with E-state index in [1.165, 1.54) is 0 Å². The van der Waals surface area contributed by atoms with Crippen LogP contribution in [-0.4, -0.2) is 29.9 Å². The quantitative estimate of drug-likeness (QED) is 0.775. The van der Waals surface area contributed by atoms with Crippen molar-refractivity contribution in [1.29, 1.82) is 0 Å². The summed E-state index contributed by atoms with van der Waals surface area (Å²) in [5.41, 5.74) is 2.74. The Morgan fingerprint density at radius 3 is 2.40 bits per heavy atom. The molecule has 3 rings (SSSR count). The molecular formula is C19H19N3O3. The molecule has 128 valence electrons. The molecule has 0 atom stereocenters. The van der Waals surface area contributed by atoms with E-state index in [1.807, 2.05) is 36.4 Å². The molecule has 0 unspecified atom stereocenters. The normalized spacial score (nSPS) is 10.4. The van der Waals surface area contributed by atoms with Gasteiger partial charge in [-0.3, -0.25) is 9.48 Å². The molecule has 0 spiro atoms. The van der Waals surface area contributed by atoms with Crippen LogP contribution in [0.5, 0.6) is 11.5 Å². The fourth-order valence-corrected chi connectivity index (χ4v) is 2.53. The third-order valence-electron chi connectivity index (χ3n) is 3.81. The summed E-state index contributed by atoms with van der Waals surface area (Å²) >= 11 is 0. The number of aryl methyl sites for hydroxylation is 1. The minimum absolute atomic E-state index is 0.280. The average Bonchev–Trinajstić information content (AvgIpc) is 3.04. The minimum Gasteiger partial charge on any atom is -0.497 e. The van der Waals surface area contributed by atoms with Crippen LogP contribution in [-0.2, 0) is 7.05 Å². The highest BCUT2D eigenvalue weighted by Crippen LogP contribution is 2.24. The molecular weight excluding hydrogens is 318 g/mol. The lowest BCUT2D eigenvalue weighted by atomic mass is 10.1. The molecule has 0 saturated carbocycles. The Hall–Kier alpha value is -3.28. The van der Waals surface area contributed by atoms with Crippen LogP contribution in [0, 0.1) is 0 Å². The summed E-state index contributed by atoms with van der Waals surface area (Å²) in [6.07, 6.45) is 0. The van der Waals surface area contributed by atoms with Crippen LogP contribution in [0.15, 0.2) is 54.6 Å². The van der Waals surface area contributed by atoms with E-state index in [0.717, 1.165) is 17.0 Å². The maximum Gasteiger partial charge on any atom is 0.276 e. The molecule has 25 heavy (non-hydrogen) atoms. The number of hydrogen-bond donors (Lipinski definition) is 1. The summed E-state index contributed by atoms with van der Waals surface area (Å²) in [5, 5.41) is 7.14. The molecule has 0 bridgehead atoms. The predicted molar refractivity (Wildman–Crippen MR) is 96.1 cm³/mol. The monoisotopic (exact) mass is 337 g/mol. The third kappa shape index (κ3) is 3.63. The van der Waals surface area contributed by atoms with Crippen LogP contribution in [0.3, 0.4) is 0 Å². The zero-order chi connectivity index (χ0) is 17.8. The maximum absolute atomic E-state index is 12.5. The summed E-state index contributed by atoms with van der Waals surface area (Å²) in [7, 11) is 5.01. The number of carbonyl (C=O) groups is 1. The van der Waals surface area contributed by atoms with E-state index < -0.39 is 0 Å². The van der Waals surface area contributed by atoms with Gasteiger partial charge in [-0.25, -0.2) is 0 Å². The van der Waals surface area contributed by atoms with Gasteiger partial charge in [-0.1, -0.05) is 18.2 Å². The van der Waals surface area contributed by atoms with Crippen molar-refractivity contribution in [2.45, 2.75) is 0 Å². The first-order valence-corrected chi connectivity index (χ1v) is 7.74. The Kier molecular flexibility index (Phi) is 4.70. The van der Waals surface area contributed by atoms with Gasteiger partial charge in [-0.15, -0.1) is 0 Å². The molecule has 0 fully saturated rings. The third-order valence-corrected chi connectivity index (χ3v) is 3.81. The van der Waals surface area contributed by atoms with Crippen LogP contribution in [0.4, 0.5) is 5.69 Å². The van der Waals surface area contributed by atoms with Crippen molar-refractivity contribution in [2.24, 2.45) is 7.05 Å². The fraction of sp³-hybridized carbons (Fsp3) is 0.158. The smallest absolute Gasteiger partial charge is 0.276 e. The second kappa shape index (κ2) is 7.09. The number of rotatable bonds is 5. The number of methoxy groups -OCH3 is 2. The molecule has 6 nitrogen and oxygen atoms in total. The van der Waals surface area contributed by atoms with Crippen LogP contribution >= 0.6 is 0 Å². The number of ether oxygens (including phenoxy) is 2. The van der Waals surface area contributed by atoms with E-state index >= 15 is 0 Å². The molecule has 0 aliphatic carbocycles. The van der Waals surface area contributed by atoms with Crippen molar-refractivity contribution in [2.75, 3.05) is 19.5 Å². The van der Waals surface area contributed by atoms with Gasteiger partial charge in [0.1, 0.15) is 11.5 Å². The van der Waals surface area contributed by atoms with E-state index in [1.54, 1.807) is 44.1 Å². The van der Waals surface area contributed by atoms with Gasteiger partial charge in [0.05, 0.1) is 19.9 Å². The Morgan fingerprint density at radius 2 is 1.68 bits per heavy atom. The number of aromatic nitrogens is 2. The van der Waals surface area contributed by atoms with E-state index in [9.17, 15) is 4.79 Å². The Morgan fingerprint density at radius 1 is 1.00 bits per heavy atom. The lowest BCUT2D eigenvalue weighted by molar-refractivity contribution is 0.102. The van der Waals surface area contributed by atoms with Gasteiger partial charge < -0.3 is 14.8 Å². The molecule has 1 aromatic heterocycles. The van der Waals surface area contributed by atoms with E-state index in [2.05, 4.69) is 10.4 Å². The zero-order valence-electron chi connectivity index (χ0n) is 14.3. The summed E-state index contributed by atoms with van der Waals surface area (Å²) in [6.45, 7) is 0. The first kappa shape index (κ1) is 16.6. The predicted octanol–water partition coefficient (Wildman–Crippen LogP) is 3.36. The van der Waals surface area contributed by atoms with Gasteiger partial charge in [-0.2, -0.15) is 5.10 Å². The maximum atomic E-state index is 12.5. The van der Waals surface area contributed by atoms with Crippen LogP contribution in [0.2, 0.25) is 0 Å². The van der Waals surface area contributed by atoms with Crippen LogP contribution in [0.25, 0.3) is 11.3 Å². The summed E-state index contributed by atoms with van der Waals surface area (Å²) in [5.74, 6) is 1.15. The molecule has 0 aliphatic rings. The Balaban J connectivity index is 1.84. The van der Waals surface area contributed by atoms with Crippen molar-refractivity contribution in [3.05, 3.63) is 60.3 Å². The van der Waals surface area contributed by atoms with Gasteiger partial charge in [0, 0.05) is 24.4 Å². The van der Waals surface area contributed by atoms with Crippen molar-refractivity contribution in [3.8, 4) is 22.8 Å². The number of nitrogens with zero attached hydrogens (tertiary/aromatic N) is 2. The summed E-state index contributed by atoms with van der Waals surface area (Å²) in [4.78, 5) is 12.5. The molecule has 1 amide bonds. The fourth-order valence-electron chi connectivity index (χ4n) is 2.53. The van der Waals surface area contributed by atoms with Crippen LogP contribution < -0.4 is 14.8 Å². The number of anilines is 1. The van der Waals surface area contributed by atoms with Crippen molar-refractivity contribution in [3.63, 3.8) is 0 Å². The van der Waals surface area contributed by atoms with Crippen molar-refractivity contribution in [1.82, 2.24) is 9.78 Å². The molecule has 6 heteroatoms. The average molecular weight is 337 g/mol. The highest BCUT2D eigenvalue weighted by Gasteiger charge is 2.15. The number of benzene rings is 2. The first-order chi connectivity index (χ1) is 12.1. The first-order valence-electron chi connectivity index (χ1n) is 7.74. The highest BCUT2D eigenvalue weighted by molar-refractivity contribution is 6.03. The largest absolute Gasteiger partial charge is 0.497 e. The molecule has 1 heterocycles. The zero-order valence-corrected chi connectivity index (χ0v) is 14.3. The van der Waals surface area contributed by atoms with E-state index in [0.29, 0.717) is 17.1 Å². The van der Waals surface area contributed by atoms with E-state index in [-0.39, 0.29) is 5.91 Å². The van der Waals surface area contributed by atoms with Gasteiger partial charge in [0.15, 0.2) is 5.69 Å². The number of amides is 1. The molecule has 0 radical (unpaired) electrons.